The Morgan fingerprint density at radius 1 is 1.26 bits per heavy atom. The van der Waals surface area contributed by atoms with Crippen LogP contribution in [0.3, 0.4) is 0 Å². The lowest BCUT2D eigenvalue weighted by molar-refractivity contribution is 0.849. The van der Waals surface area contributed by atoms with Crippen LogP contribution in [0.25, 0.3) is 0 Å². The van der Waals surface area contributed by atoms with Gasteiger partial charge in [-0.05, 0) is 29.8 Å². The molecule has 0 saturated heterocycles. The molecule has 0 saturated carbocycles. The molecule has 2 nitrogen and oxygen atoms in total. The number of hydrogen-bond acceptors (Lipinski definition) is 2. The van der Waals surface area contributed by atoms with Crippen LogP contribution >= 0.6 is 27.5 Å². The molecule has 1 heterocycles. The Morgan fingerprint density at radius 3 is 2.79 bits per heavy atom. The van der Waals surface area contributed by atoms with Gasteiger partial charge in [0.25, 0.3) is 0 Å². The molecule has 0 aliphatic heterocycles. The van der Waals surface area contributed by atoms with Crippen molar-refractivity contribution in [1.29, 1.82) is 0 Å². The molecule has 0 unspecified atom stereocenters. The molecule has 0 atom stereocenters. The summed E-state index contributed by atoms with van der Waals surface area (Å²) in [6.07, 6.45) is 2.75. The molecule has 2 rings (SSSR count). The maximum absolute atomic E-state index is 6.08. The van der Waals surface area contributed by atoms with E-state index < -0.39 is 0 Å². The molecule has 100 valence electrons. The smallest absolute Gasteiger partial charge is 0.0426 e. The van der Waals surface area contributed by atoms with Crippen LogP contribution in [0, 0.1) is 0 Å². The van der Waals surface area contributed by atoms with Crippen molar-refractivity contribution in [3.63, 3.8) is 0 Å². The van der Waals surface area contributed by atoms with E-state index in [0.29, 0.717) is 0 Å². The quantitative estimate of drug-likeness (QED) is 0.755. The van der Waals surface area contributed by atoms with E-state index in [0.717, 1.165) is 29.0 Å². The number of aromatic nitrogens is 1. The van der Waals surface area contributed by atoms with E-state index in [9.17, 15) is 0 Å². The lowest BCUT2D eigenvalue weighted by Crippen LogP contribution is -2.21. The van der Waals surface area contributed by atoms with Crippen LogP contribution < -0.4 is 4.90 Å². The van der Waals surface area contributed by atoms with Gasteiger partial charge < -0.3 is 4.90 Å². The third kappa shape index (κ3) is 3.95. The first-order chi connectivity index (χ1) is 9.20. The Kier molecular flexibility index (Phi) is 5.23. The van der Waals surface area contributed by atoms with Crippen molar-refractivity contribution in [2.45, 2.75) is 11.8 Å². The molecule has 0 fully saturated rings. The summed E-state index contributed by atoms with van der Waals surface area (Å²) < 4.78 is 0. The summed E-state index contributed by atoms with van der Waals surface area (Å²) in [5.74, 6) is 0. The number of alkyl halides is 1. The molecule has 0 radical (unpaired) electrons. The van der Waals surface area contributed by atoms with E-state index in [4.69, 9.17) is 11.6 Å². The van der Waals surface area contributed by atoms with Crippen LogP contribution in [0.5, 0.6) is 0 Å². The van der Waals surface area contributed by atoms with Crippen molar-refractivity contribution in [3.05, 3.63) is 58.9 Å². The van der Waals surface area contributed by atoms with Gasteiger partial charge in [0.15, 0.2) is 0 Å². The predicted octanol–water partition coefficient (Wildman–Crippen LogP) is 4.31. The van der Waals surface area contributed by atoms with Crippen molar-refractivity contribution < 1.29 is 0 Å². The fraction of sp³-hybridized carbons (Fsp3) is 0.267. The molecule has 1 aromatic heterocycles. The van der Waals surface area contributed by atoms with Crippen molar-refractivity contribution in [1.82, 2.24) is 4.98 Å². The molecule has 1 aromatic carbocycles. The van der Waals surface area contributed by atoms with Gasteiger partial charge in [0.1, 0.15) is 0 Å². The Bertz CT molecular complexity index is 531. The summed E-state index contributed by atoms with van der Waals surface area (Å²) in [4.78, 5) is 6.56. The average molecular weight is 340 g/mol. The highest BCUT2D eigenvalue weighted by Gasteiger charge is 2.08. The van der Waals surface area contributed by atoms with Crippen molar-refractivity contribution in [3.8, 4) is 0 Å². The number of likely N-dealkylation sites (N-methyl/N-ethyl adjacent to an activating group) is 1. The Balaban J connectivity index is 2.07. The van der Waals surface area contributed by atoms with Crippen molar-refractivity contribution in [2.75, 3.05) is 18.5 Å². The number of hydrogen-bond donors (Lipinski definition) is 0. The highest BCUT2D eigenvalue weighted by atomic mass is 79.9. The molecule has 4 heteroatoms. The summed E-state index contributed by atoms with van der Waals surface area (Å²) in [5.41, 5.74) is 3.52. The number of nitrogens with zero attached hydrogens (tertiary/aromatic N) is 2. The molecular weight excluding hydrogens is 324 g/mol. The van der Waals surface area contributed by atoms with E-state index in [2.05, 4.69) is 45.0 Å². The Labute approximate surface area is 127 Å². The second kappa shape index (κ2) is 6.92. The van der Waals surface area contributed by atoms with E-state index in [1.165, 1.54) is 11.3 Å². The second-order valence-electron chi connectivity index (χ2n) is 4.40. The minimum atomic E-state index is 0.768. The number of anilines is 1. The van der Waals surface area contributed by atoms with Crippen LogP contribution in [0.15, 0.2) is 42.6 Å². The van der Waals surface area contributed by atoms with Gasteiger partial charge in [-0.15, -0.1) is 0 Å². The van der Waals surface area contributed by atoms with Crippen molar-refractivity contribution >= 4 is 33.2 Å². The zero-order valence-corrected chi connectivity index (χ0v) is 13.2. The molecule has 0 aliphatic rings. The van der Waals surface area contributed by atoms with E-state index in [1.54, 1.807) is 0 Å². The van der Waals surface area contributed by atoms with Gasteiger partial charge in [-0.2, -0.15) is 0 Å². The van der Waals surface area contributed by atoms with Gasteiger partial charge in [-0.3, -0.25) is 4.98 Å². The monoisotopic (exact) mass is 338 g/mol. The van der Waals surface area contributed by atoms with Crippen LogP contribution in [0.2, 0.25) is 5.02 Å². The normalized spacial score (nSPS) is 10.5. The summed E-state index contributed by atoms with van der Waals surface area (Å²) >= 11 is 9.60. The van der Waals surface area contributed by atoms with E-state index in [1.807, 2.05) is 30.5 Å². The maximum atomic E-state index is 6.08. The third-order valence-electron chi connectivity index (χ3n) is 3.03. The first kappa shape index (κ1) is 14.4. The molecule has 0 spiro atoms. The number of rotatable bonds is 5. The number of halogens is 2. The molecular formula is C15H16BrClN2. The van der Waals surface area contributed by atoms with Crippen LogP contribution in [0.1, 0.15) is 11.3 Å². The number of pyridine rings is 1. The molecule has 0 bridgehead atoms. The minimum Gasteiger partial charge on any atom is -0.374 e. The van der Waals surface area contributed by atoms with Crippen LogP contribution in [-0.2, 0) is 11.8 Å². The summed E-state index contributed by atoms with van der Waals surface area (Å²) in [6, 6.07) is 12.0. The van der Waals surface area contributed by atoms with Gasteiger partial charge in [0.2, 0.25) is 0 Å². The van der Waals surface area contributed by atoms with Gasteiger partial charge in [0, 0.05) is 47.9 Å². The zero-order chi connectivity index (χ0) is 13.7. The van der Waals surface area contributed by atoms with E-state index >= 15 is 0 Å². The standard InChI is InChI=1S/C15H16BrClN2/c1-19(9-7-14-4-2-3-8-18-14)15-10-13(17)6-5-12(15)11-16/h2-6,8,10H,7,9,11H2,1H3. The van der Waals surface area contributed by atoms with Crippen LogP contribution in [-0.4, -0.2) is 18.6 Å². The largest absolute Gasteiger partial charge is 0.374 e. The predicted molar refractivity (Wildman–Crippen MR) is 85.3 cm³/mol. The highest BCUT2D eigenvalue weighted by Crippen LogP contribution is 2.26. The zero-order valence-electron chi connectivity index (χ0n) is 10.8. The summed E-state index contributed by atoms with van der Waals surface area (Å²) in [5, 5.41) is 1.59. The fourth-order valence-corrected chi connectivity index (χ4v) is 2.59. The van der Waals surface area contributed by atoms with Crippen molar-refractivity contribution in [2.24, 2.45) is 0 Å². The fourth-order valence-electron chi connectivity index (χ4n) is 1.95. The first-order valence-electron chi connectivity index (χ1n) is 6.16. The topological polar surface area (TPSA) is 16.1 Å². The minimum absolute atomic E-state index is 0.768. The Morgan fingerprint density at radius 2 is 2.11 bits per heavy atom. The summed E-state index contributed by atoms with van der Waals surface area (Å²) in [7, 11) is 2.08. The summed E-state index contributed by atoms with van der Waals surface area (Å²) in [6.45, 7) is 0.914. The SMILES string of the molecule is CN(CCc1ccccn1)c1cc(Cl)ccc1CBr. The van der Waals surface area contributed by atoms with Gasteiger partial charge in [-0.1, -0.05) is 39.7 Å². The molecule has 2 aromatic rings. The van der Waals surface area contributed by atoms with E-state index in [-0.39, 0.29) is 0 Å². The Hall–Kier alpha value is -1.06. The lowest BCUT2D eigenvalue weighted by atomic mass is 10.1. The van der Waals surface area contributed by atoms with Gasteiger partial charge in [-0.25, -0.2) is 0 Å². The second-order valence-corrected chi connectivity index (χ2v) is 5.40. The number of benzene rings is 1. The average Bonchev–Trinajstić information content (AvgIpc) is 2.46. The molecule has 0 aliphatic carbocycles. The van der Waals surface area contributed by atoms with Gasteiger partial charge >= 0.3 is 0 Å². The highest BCUT2D eigenvalue weighted by molar-refractivity contribution is 9.08. The van der Waals surface area contributed by atoms with Crippen LogP contribution in [0.4, 0.5) is 5.69 Å². The van der Waals surface area contributed by atoms with Gasteiger partial charge in [0.05, 0.1) is 0 Å². The molecule has 0 amide bonds. The first-order valence-corrected chi connectivity index (χ1v) is 7.66. The maximum Gasteiger partial charge on any atom is 0.0426 e. The lowest BCUT2D eigenvalue weighted by Gasteiger charge is -2.22. The third-order valence-corrected chi connectivity index (χ3v) is 3.87. The molecule has 0 N–H and O–H groups in total. The molecule has 19 heavy (non-hydrogen) atoms.